The van der Waals surface area contributed by atoms with Gasteiger partial charge in [-0.3, -0.25) is 5.66 Å². The SMILES string of the molecule is CC(C)(C)c1cc(C(C)(C)C)c([P-]C#C[Si](C)(C)C)c(C(C)(C)C)c1.[Li+]. The fourth-order valence-corrected chi connectivity index (χ4v) is 5.30. The molecule has 0 atom stereocenters. The van der Waals surface area contributed by atoms with E-state index in [9.17, 15) is 0 Å². The van der Waals surface area contributed by atoms with E-state index >= 15 is 0 Å². The van der Waals surface area contributed by atoms with Gasteiger partial charge < -0.3 is 8.58 Å². The predicted molar refractivity (Wildman–Crippen MR) is 120 cm³/mol. The maximum absolute atomic E-state index is 3.55. The molecule has 0 unspecified atom stereocenters. The molecular weight excluding hydrogens is 342 g/mol. The molecule has 0 aliphatic heterocycles. The van der Waals surface area contributed by atoms with Gasteiger partial charge in [0.15, 0.2) is 0 Å². The van der Waals surface area contributed by atoms with E-state index in [1.54, 1.807) is 0 Å². The van der Waals surface area contributed by atoms with E-state index in [-0.39, 0.29) is 35.1 Å². The van der Waals surface area contributed by atoms with Crippen LogP contribution in [0, 0.1) is 11.2 Å². The van der Waals surface area contributed by atoms with Crippen molar-refractivity contribution in [3.05, 3.63) is 28.8 Å². The van der Waals surface area contributed by atoms with Crippen LogP contribution in [0.3, 0.4) is 0 Å². The van der Waals surface area contributed by atoms with Gasteiger partial charge in [0.1, 0.15) is 8.07 Å². The first-order chi connectivity index (χ1) is 10.9. The molecular formula is C23H38LiPSi. The van der Waals surface area contributed by atoms with Crippen molar-refractivity contribution in [1.29, 1.82) is 0 Å². The Balaban J connectivity index is 0.00000625. The topological polar surface area (TPSA) is 0 Å². The summed E-state index contributed by atoms with van der Waals surface area (Å²) in [6, 6.07) is 4.88. The molecule has 0 amide bonds. The van der Waals surface area contributed by atoms with Gasteiger partial charge in [-0.15, -0.1) is 0 Å². The van der Waals surface area contributed by atoms with Crippen LogP contribution in [0.1, 0.15) is 79.0 Å². The van der Waals surface area contributed by atoms with Crippen LogP contribution in [0.5, 0.6) is 0 Å². The Labute approximate surface area is 178 Å². The Morgan fingerprint density at radius 3 is 1.38 bits per heavy atom. The second-order valence-corrected chi connectivity index (χ2v) is 16.9. The smallest absolute Gasteiger partial charge is 0.419 e. The third-order valence-corrected chi connectivity index (χ3v) is 6.21. The summed E-state index contributed by atoms with van der Waals surface area (Å²) >= 11 is 0. The van der Waals surface area contributed by atoms with E-state index in [1.807, 2.05) is 0 Å². The third-order valence-electron chi connectivity index (χ3n) is 4.19. The molecule has 0 nitrogen and oxygen atoms in total. The molecule has 0 heterocycles. The Kier molecular flexibility index (Phi) is 8.59. The summed E-state index contributed by atoms with van der Waals surface area (Å²) in [5.41, 5.74) is 11.8. The standard InChI is InChI=1S/C23H38PSi.Li/c1-21(2,3)17-15-18(22(4,5)6)20(19(16-17)23(7,8)9)24-13-14-25(10,11)12;/h15-16H,1-12H3;/q-1;+1. The van der Waals surface area contributed by atoms with Crippen LogP contribution in [0.25, 0.3) is 0 Å². The van der Waals surface area contributed by atoms with E-state index in [4.69, 9.17) is 0 Å². The Bertz CT molecular complexity index is 646. The van der Waals surface area contributed by atoms with Gasteiger partial charge in [-0.05, 0) is 21.8 Å². The molecule has 0 fully saturated rings. The van der Waals surface area contributed by atoms with Gasteiger partial charge in [-0.25, -0.2) is 0 Å². The van der Waals surface area contributed by atoms with Crippen molar-refractivity contribution >= 4 is 22.0 Å². The minimum atomic E-state index is -1.35. The summed E-state index contributed by atoms with van der Waals surface area (Å²) in [6.45, 7) is 27.8. The van der Waals surface area contributed by atoms with E-state index in [1.165, 1.54) is 22.0 Å². The van der Waals surface area contributed by atoms with Crippen LogP contribution in [-0.2, 0) is 16.2 Å². The second kappa shape index (κ2) is 8.58. The van der Waals surface area contributed by atoms with Gasteiger partial charge in [0.25, 0.3) is 0 Å². The van der Waals surface area contributed by atoms with E-state index < -0.39 is 8.07 Å². The van der Waals surface area contributed by atoms with Crippen molar-refractivity contribution < 1.29 is 18.9 Å². The van der Waals surface area contributed by atoms with Crippen molar-refractivity contribution in [3.8, 4) is 11.2 Å². The summed E-state index contributed by atoms with van der Waals surface area (Å²) in [5, 5.41) is 1.43. The first-order valence-corrected chi connectivity index (χ1v) is 13.7. The molecule has 0 aliphatic rings. The molecule has 0 bridgehead atoms. The minimum absolute atomic E-state index is 0. The van der Waals surface area contributed by atoms with Gasteiger partial charge in [-0.1, -0.05) is 105 Å². The quantitative estimate of drug-likeness (QED) is 0.393. The van der Waals surface area contributed by atoms with Crippen molar-refractivity contribution in [2.24, 2.45) is 0 Å². The van der Waals surface area contributed by atoms with E-state index in [0.29, 0.717) is 0 Å². The van der Waals surface area contributed by atoms with Crippen LogP contribution in [0.2, 0.25) is 19.6 Å². The van der Waals surface area contributed by atoms with Crippen molar-refractivity contribution in [1.82, 2.24) is 0 Å². The molecule has 0 saturated heterocycles. The molecule has 0 saturated carbocycles. The van der Waals surface area contributed by atoms with Gasteiger partial charge in [0.2, 0.25) is 0 Å². The van der Waals surface area contributed by atoms with Crippen LogP contribution in [-0.4, -0.2) is 8.07 Å². The zero-order valence-corrected chi connectivity index (χ0v) is 21.5. The van der Waals surface area contributed by atoms with Crippen molar-refractivity contribution in [2.45, 2.75) is 98.2 Å². The predicted octanol–water partition coefficient (Wildman–Crippen LogP) is 3.99. The molecule has 0 aliphatic carbocycles. The number of rotatable bonds is 1. The average Bonchev–Trinajstić information content (AvgIpc) is 2.33. The molecule has 0 radical (unpaired) electrons. The largest absolute Gasteiger partial charge is 1.00 e. The number of benzene rings is 1. The molecule has 1 aromatic rings. The van der Waals surface area contributed by atoms with Gasteiger partial charge in [0.05, 0.1) is 0 Å². The van der Waals surface area contributed by atoms with Gasteiger partial charge in [-0.2, -0.15) is 10.8 Å². The normalized spacial score (nSPS) is 13.4. The Hall–Kier alpha value is 0.0243. The Morgan fingerprint density at radius 2 is 1.12 bits per heavy atom. The first-order valence-electron chi connectivity index (χ1n) is 9.35. The first kappa shape index (κ1) is 26.0. The maximum atomic E-state index is 3.55. The molecule has 0 aromatic heterocycles. The van der Waals surface area contributed by atoms with Crippen LogP contribution >= 0.6 is 8.58 Å². The van der Waals surface area contributed by atoms with Crippen molar-refractivity contribution in [2.75, 3.05) is 0 Å². The van der Waals surface area contributed by atoms with Gasteiger partial charge in [0, 0.05) is 0 Å². The number of hydrogen-bond acceptors (Lipinski definition) is 0. The maximum Gasteiger partial charge on any atom is 1.00 e. The van der Waals surface area contributed by atoms with E-state index in [2.05, 4.69) is 105 Å². The van der Waals surface area contributed by atoms with Crippen LogP contribution in [0.15, 0.2) is 12.1 Å². The Morgan fingerprint density at radius 1 is 0.731 bits per heavy atom. The third kappa shape index (κ3) is 7.57. The summed E-state index contributed by atoms with van der Waals surface area (Å²) in [6.07, 6.45) is 0. The molecule has 26 heavy (non-hydrogen) atoms. The molecule has 3 heteroatoms. The summed E-state index contributed by atoms with van der Waals surface area (Å²) in [7, 11) is -0.185. The van der Waals surface area contributed by atoms with Crippen LogP contribution in [0.4, 0.5) is 0 Å². The molecule has 0 spiro atoms. The zero-order chi connectivity index (χ0) is 19.8. The van der Waals surface area contributed by atoms with Gasteiger partial charge >= 0.3 is 18.9 Å². The molecule has 0 N–H and O–H groups in total. The molecule has 1 rings (SSSR count). The van der Waals surface area contributed by atoms with Crippen LogP contribution < -0.4 is 24.2 Å². The summed E-state index contributed by atoms with van der Waals surface area (Å²) in [4.78, 5) is 0. The van der Waals surface area contributed by atoms with Crippen molar-refractivity contribution in [3.63, 3.8) is 0 Å². The zero-order valence-electron chi connectivity index (χ0n) is 19.6. The second-order valence-electron chi connectivity index (χ2n) is 11.3. The summed E-state index contributed by atoms with van der Waals surface area (Å²) in [5.74, 6) is 0. The molecule has 1 aromatic carbocycles. The van der Waals surface area contributed by atoms with E-state index in [0.717, 1.165) is 8.58 Å². The minimum Gasteiger partial charge on any atom is -0.419 e. The fraction of sp³-hybridized carbons (Fsp3) is 0.652. The number of hydrogen-bond donors (Lipinski definition) is 0. The average molecular weight is 381 g/mol. The fourth-order valence-electron chi connectivity index (χ4n) is 2.58. The molecule has 140 valence electrons. The monoisotopic (exact) mass is 380 g/mol. The summed E-state index contributed by atoms with van der Waals surface area (Å²) < 4.78 is 0.